The van der Waals surface area contributed by atoms with Crippen LogP contribution in [0.5, 0.6) is 0 Å². The van der Waals surface area contributed by atoms with Crippen LogP contribution in [-0.4, -0.2) is 35.2 Å². The lowest BCUT2D eigenvalue weighted by Crippen LogP contribution is -2.38. The summed E-state index contributed by atoms with van der Waals surface area (Å²) in [7, 11) is 0. The quantitative estimate of drug-likeness (QED) is 0.860. The third kappa shape index (κ3) is 4.11. The van der Waals surface area contributed by atoms with Crippen molar-refractivity contribution in [3.8, 4) is 0 Å². The van der Waals surface area contributed by atoms with Crippen molar-refractivity contribution in [3.05, 3.63) is 65.7 Å². The number of nitrogens with zero attached hydrogens (tertiary/aromatic N) is 1. The molecule has 23 heavy (non-hydrogen) atoms. The first-order chi connectivity index (χ1) is 11.3. The molecular weight excluding hydrogens is 288 g/mol. The van der Waals surface area contributed by atoms with Crippen LogP contribution in [0.4, 0.5) is 10.5 Å². The van der Waals surface area contributed by atoms with Gasteiger partial charge in [-0.1, -0.05) is 48.5 Å². The Kier molecular flexibility index (Phi) is 4.93. The molecule has 1 aliphatic carbocycles. The normalized spacial score (nSPS) is 13.6. The highest BCUT2D eigenvalue weighted by atomic mass is 16.3. The number of aliphatic hydroxyl groups is 1. The zero-order valence-corrected chi connectivity index (χ0v) is 13.1. The molecule has 0 heterocycles. The van der Waals surface area contributed by atoms with Crippen molar-refractivity contribution in [1.82, 2.24) is 4.90 Å². The van der Waals surface area contributed by atoms with Crippen molar-refractivity contribution >= 4 is 11.7 Å². The van der Waals surface area contributed by atoms with Gasteiger partial charge in [0, 0.05) is 18.3 Å². The first-order valence-corrected chi connectivity index (χ1v) is 8.08. The fourth-order valence-electron chi connectivity index (χ4n) is 2.74. The number of amides is 2. The lowest BCUT2D eigenvalue weighted by Gasteiger charge is -2.22. The van der Waals surface area contributed by atoms with Crippen LogP contribution in [0.2, 0.25) is 0 Å². The smallest absolute Gasteiger partial charge is 0.322 e. The van der Waals surface area contributed by atoms with E-state index in [4.69, 9.17) is 5.11 Å². The van der Waals surface area contributed by atoms with Gasteiger partial charge in [0.05, 0.1) is 6.61 Å². The molecule has 120 valence electrons. The Bertz CT molecular complexity index is 653. The van der Waals surface area contributed by atoms with Gasteiger partial charge in [-0.15, -0.1) is 0 Å². The van der Waals surface area contributed by atoms with E-state index in [2.05, 4.69) is 17.4 Å². The largest absolute Gasteiger partial charge is 0.395 e. The topological polar surface area (TPSA) is 52.6 Å². The number of aliphatic hydroxyl groups excluding tert-OH is 1. The van der Waals surface area contributed by atoms with Crippen LogP contribution < -0.4 is 5.32 Å². The zero-order chi connectivity index (χ0) is 16.1. The SMILES string of the molecule is O=C(Nc1ccccc1Cc1ccccc1)N(CCO)C1CC1. The van der Waals surface area contributed by atoms with Gasteiger partial charge in [-0.2, -0.15) is 0 Å². The third-order valence-corrected chi connectivity index (χ3v) is 4.09. The second-order valence-electron chi connectivity index (χ2n) is 5.90. The van der Waals surface area contributed by atoms with Crippen molar-refractivity contribution in [1.29, 1.82) is 0 Å². The van der Waals surface area contributed by atoms with Crippen LogP contribution in [0.3, 0.4) is 0 Å². The van der Waals surface area contributed by atoms with Gasteiger partial charge in [-0.05, 0) is 36.5 Å². The molecule has 1 fully saturated rings. The number of carbonyl (C=O) groups is 1. The molecule has 0 bridgehead atoms. The van der Waals surface area contributed by atoms with E-state index < -0.39 is 0 Å². The summed E-state index contributed by atoms with van der Waals surface area (Å²) in [4.78, 5) is 14.2. The maximum Gasteiger partial charge on any atom is 0.322 e. The molecule has 0 unspecified atom stereocenters. The van der Waals surface area contributed by atoms with E-state index in [0.29, 0.717) is 6.54 Å². The molecule has 0 aliphatic heterocycles. The lowest BCUT2D eigenvalue weighted by atomic mass is 10.0. The molecule has 4 heteroatoms. The third-order valence-electron chi connectivity index (χ3n) is 4.09. The standard InChI is InChI=1S/C19H22N2O2/c22-13-12-21(17-10-11-17)19(23)20-18-9-5-4-8-16(18)14-15-6-2-1-3-7-15/h1-9,17,22H,10-14H2,(H,20,23). The molecule has 0 radical (unpaired) electrons. The second kappa shape index (κ2) is 7.29. The summed E-state index contributed by atoms with van der Waals surface area (Å²) in [5.41, 5.74) is 3.14. The van der Waals surface area contributed by atoms with Gasteiger partial charge in [-0.25, -0.2) is 4.79 Å². The summed E-state index contributed by atoms with van der Waals surface area (Å²) in [6, 6.07) is 18.2. The van der Waals surface area contributed by atoms with E-state index in [1.165, 1.54) is 5.56 Å². The van der Waals surface area contributed by atoms with Gasteiger partial charge in [0.15, 0.2) is 0 Å². The Morgan fingerprint density at radius 3 is 2.48 bits per heavy atom. The fraction of sp³-hybridized carbons (Fsp3) is 0.316. The van der Waals surface area contributed by atoms with Crippen molar-refractivity contribution in [2.45, 2.75) is 25.3 Å². The molecule has 0 aromatic heterocycles. The molecule has 1 aliphatic rings. The minimum atomic E-state index is -0.123. The number of anilines is 1. The molecule has 1 saturated carbocycles. The molecule has 2 aromatic carbocycles. The first kappa shape index (κ1) is 15.6. The number of urea groups is 1. The Morgan fingerprint density at radius 1 is 1.09 bits per heavy atom. The summed E-state index contributed by atoms with van der Waals surface area (Å²) >= 11 is 0. The van der Waals surface area contributed by atoms with Crippen molar-refractivity contribution in [3.63, 3.8) is 0 Å². The second-order valence-corrected chi connectivity index (χ2v) is 5.90. The number of benzene rings is 2. The summed E-state index contributed by atoms with van der Waals surface area (Å²) < 4.78 is 0. The van der Waals surface area contributed by atoms with Crippen LogP contribution >= 0.6 is 0 Å². The number of rotatable bonds is 6. The van der Waals surface area contributed by atoms with Crippen molar-refractivity contribution in [2.75, 3.05) is 18.5 Å². The Labute approximate surface area is 136 Å². The van der Waals surface area contributed by atoms with Gasteiger partial charge in [0.1, 0.15) is 0 Å². The van der Waals surface area contributed by atoms with Gasteiger partial charge >= 0.3 is 6.03 Å². The van der Waals surface area contributed by atoms with E-state index >= 15 is 0 Å². The van der Waals surface area contributed by atoms with E-state index in [-0.39, 0.29) is 18.7 Å². The number of nitrogens with one attached hydrogen (secondary N) is 1. The molecule has 4 nitrogen and oxygen atoms in total. The van der Waals surface area contributed by atoms with Gasteiger partial charge in [-0.3, -0.25) is 0 Å². The van der Waals surface area contributed by atoms with Crippen LogP contribution in [0.1, 0.15) is 24.0 Å². The summed E-state index contributed by atoms with van der Waals surface area (Å²) in [5, 5.41) is 12.2. The monoisotopic (exact) mass is 310 g/mol. The van der Waals surface area contributed by atoms with Crippen molar-refractivity contribution < 1.29 is 9.90 Å². The number of hydrogen-bond donors (Lipinski definition) is 2. The number of carbonyl (C=O) groups excluding carboxylic acids is 1. The molecule has 0 spiro atoms. The van der Waals surface area contributed by atoms with E-state index in [0.717, 1.165) is 30.5 Å². The highest BCUT2D eigenvalue weighted by Gasteiger charge is 2.32. The Morgan fingerprint density at radius 2 is 1.78 bits per heavy atom. The van der Waals surface area contributed by atoms with E-state index in [1.807, 2.05) is 42.5 Å². The first-order valence-electron chi connectivity index (χ1n) is 8.08. The van der Waals surface area contributed by atoms with Crippen LogP contribution in [0.25, 0.3) is 0 Å². The lowest BCUT2D eigenvalue weighted by molar-refractivity contribution is 0.185. The summed E-state index contributed by atoms with van der Waals surface area (Å²) in [6.45, 7) is 0.382. The fourth-order valence-corrected chi connectivity index (χ4v) is 2.74. The minimum absolute atomic E-state index is 0.00438. The highest BCUT2D eigenvalue weighted by Crippen LogP contribution is 2.28. The van der Waals surface area contributed by atoms with Gasteiger partial charge in [0.25, 0.3) is 0 Å². The Balaban J connectivity index is 1.73. The molecule has 2 amide bonds. The predicted molar refractivity (Wildman–Crippen MR) is 91.5 cm³/mol. The zero-order valence-electron chi connectivity index (χ0n) is 13.1. The number of para-hydroxylation sites is 1. The highest BCUT2D eigenvalue weighted by molar-refractivity contribution is 5.90. The summed E-state index contributed by atoms with van der Waals surface area (Å²) in [5.74, 6) is 0. The van der Waals surface area contributed by atoms with Crippen LogP contribution in [0, 0.1) is 0 Å². The van der Waals surface area contributed by atoms with Crippen molar-refractivity contribution in [2.24, 2.45) is 0 Å². The minimum Gasteiger partial charge on any atom is -0.395 e. The average molecular weight is 310 g/mol. The molecule has 3 rings (SSSR count). The van der Waals surface area contributed by atoms with Gasteiger partial charge < -0.3 is 15.3 Å². The van der Waals surface area contributed by atoms with E-state index in [9.17, 15) is 4.79 Å². The average Bonchev–Trinajstić information content (AvgIpc) is 3.40. The summed E-state index contributed by atoms with van der Waals surface area (Å²) in [6.07, 6.45) is 2.83. The van der Waals surface area contributed by atoms with Crippen LogP contribution in [0.15, 0.2) is 54.6 Å². The van der Waals surface area contributed by atoms with Gasteiger partial charge in [0.2, 0.25) is 0 Å². The molecule has 2 aromatic rings. The molecular formula is C19H22N2O2. The number of hydrogen-bond acceptors (Lipinski definition) is 2. The maximum atomic E-state index is 12.5. The molecule has 0 atom stereocenters. The van der Waals surface area contributed by atoms with Crippen LogP contribution in [-0.2, 0) is 6.42 Å². The Hall–Kier alpha value is -2.33. The van der Waals surface area contributed by atoms with E-state index in [1.54, 1.807) is 4.90 Å². The molecule has 0 saturated heterocycles. The predicted octanol–water partition coefficient (Wildman–Crippen LogP) is 3.27. The maximum absolute atomic E-state index is 12.5. The molecule has 2 N–H and O–H groups in total.